The number of hydrogen-bond donors (Lipinski definition) is 0. The second-order valence-corrected chi connectivity index (χ2v) is 4.70. The fraction of sp³-hybridized carbons (Fsp3) is 0.308. The van der Waals surface area contributed by atoms with Crippen LogP contribution in [0.15, 0.2) is 36.5 Å². The molecule has 0 aliphatic carbocycles. The summed E-state index contributed by atoms with van der Waals surface area (Å²) < 4.78 is 5.14. The zero-order valence-electron chi connectivity index (χ0n) is 10.5. The van der Waals surface area contributed by atoms with Crippen LogP contribution in [0.5, 0.6) is 0 Å². The van der Waals surface area contributed by atoms with Crippen molar-refractivity contribution in [2.45, 2.75) is 26.4 Å². The number of carbonyl (C=O) groups is 1. The van der Waals surface area contributed by atoms with E-state index in [4.69, 9.17) is 4.74 Å². The molecule has 0 aliphatic heterocycles. The SMILES string of the molecule is CC(C)(C)OC(=O)C(=C[N+](=O)[O-])c1ccccc1. The highest BCUT2D eigenvalue weighted by atomic mass is 16.6. The molecule has 1 rings (SSSR count). The highest BCUT2D eigenvalue weighted by molar-refractivity contribution is 6.16. The second kappa shape index (κ2) is 5.44. The average molecular weight is 249 g/mol. The van der Waals surface area contributed by atoms with E-state index < -0.39 is 16.5 Å². The van der Waals surface area contributed by atoms with E-state index in [9.17, 15) is 14.9 Å². The zero-order valence-corrected chi connectivity index (χ0v) is 10.5. The van der Waals surface area contributed by atoms with Gasteiger partial charge in [0.1, 0.15) is 11.2 Å². The van der Waals surface area contributed by atoms with Crippen molar-refractivity contribution in [3.8, 4) is 0 Å². The summed E-state index contributed by atoms with van der Waals surface area (Å²) in [5.41, 5.74) is -0.291. The van der Waals surface area contributed by atoms with E-state index in [0.717, 1.165) is 0 Å². The topological polar surface area (TPSA) is 69.4 Å². The highest BCUT2D eigenvalue weighted by Gasteiger charge is 2.23. The maximum atomic E-state index is 11.9. The molecule has 0 unspecified atom stereocenters. The van der Waals surface area contributed by atoms with Crippen LogP contribution < -0.4 is 0 Å². The van der Waals surface area contributed by atoms with Gasteiger partial charge in [-0.25, -0.2) is 4.79 Å². The van der Waals surface area contributed by atoms with Gasteiger partial charge in [0.2, 0.25) is 6.20 Å². The monoisotopic (exact) mass is 249 g/mol. The number of rotatable bonds is 3. The highest BCUT2D eigenvalue weighted by Crippen LogP contribution is 2.19. The van der Waals surface area contributed by atoms with Gasteiger partial charge >= 0.3 is 5.97 Å². The molecular formula is C13H15NO4. The van der Waals surface area contributed by atoms with E-state index in [1.807, 2.05) is 0 Å². The normalized spacial score (nSPS) is 12.1. The van der Waals surface area contributed by atoms with Crippen molar-refractivity contribution in [1.82, 2.24) is 0 Å². The van der Waals surface area contributed by atoms with Crippen LogP contribution in [0.1, 0.15) is 26.3 Å². The summed E-state index contributed by atoms with van der Waals surface area (Å²) in [4.78, 5) is 21.8. The minimum absolute atomic E-state index is 0.0597. The van der Waals surface area contributed by atoms with E-state index in [0.29, 0.717) is 11.8 Å². The lowest BCUT2D eigenvalue weighted by atomic mass is 10.1. The molecule has 96 valence electrons. The molecule has 0 aromatic heterocycles. The Morgan fingerprint density at radius 3 is 2.28 bits per heavy atom. The number of hydrogen-bond acceptors (Lipinski definition) is 4. The van der Waals surface area contributed by atoms with E-state index in [2.05, 4.69) is 0 Å². The Balaban J connectivity index is 3.09. The molecule has 0 saturated heterocycles. The Labute approximate surface area is 105 Å². The Kier molecular flexibility index (Phi) is 4.20. The summed E-state index contributed by atoms with van der Waals surface area (Å²) >= 11 is 0. The van der Waals surface area contributed by atoms with Crippen LogP contribution in [-0.4, -0.2) is 16.5 Å². The summed E-state index contributed by atoms with van der Waals surface area (Å²) in [5.74, 6) is -0.703. The smallest absolute Gasteiger partial charge is 0.345 e. The summed E-state index contributed by atoms with van der Waals surface area (Å²) in [6.07, 6.45) is 0.670. The molecule has 1 aromatic rings. The molecule has 0 saturated carbocycles. The summed E-state index contributed by atoms with van der Waals surface area (Å²) in [5, 5.41) is 10.6. The van der Waals surface area contributed by atoms with Gasteiger partial charge in [-0.1, -0.05) is 30.3 Å². The predicted octanol–water partition coefficient (Wildman–Crippen LogP) is 2.65. The number of ether oxygens (including phenoxy) is 1. The minimum Gasteiger partial charge on any atom is -0.456 e. The Bertz CT molecular complexity index is 472. The summed E-state index contributed by atoms with van der Waals surface area (Å²) in [7, 11) is 0. The minimum atomic E-state index is -0.703. The molecule has 0 radical (unpaired) electrons. The van der Waals surface area contributed by atoms with Gasteiger partial charge in [-0.2, -0.15) is 0 Å². The largest absolute Gasteiger partial charge is 0.456 e. The quantitative estimate of drug-likeness (QED) is 0.357. The van der Waals surface area contributed by atoms with Gasteiger partial charge in [-0.05, 0) is 26.3 Å². The van der Waals surface area contributed by atoms with Crippen LogP contribution in [0.4, 0.5) is 0 Å². The standard InChI is InChI=1S/C13H15NO4/c1-13(2,3)18-12(15)11(9-14(16)17)10-7-5-4-6-8-10/h4-9H,1-3H3. The lowest BCUT2D eigenvalue weighted by Gasteiger charge is -2.19. The number of nitro groups is 1. The number of carbonyl (C=O) groups excluding carboxylic acids is 1. The third-order valence-corrected chi connectivity index (χ3v) is 1.94. The zero-order chi connectivity index (χ0) is 13.8. The Hall–Kier alpha value is -2.17. The van der Waals surface area contributed by atoms with Crippen LogP contribution >= 0.6 is 0 Å². The van der Waals surface area contributed by atoms with Gasteiger partial charge in [0, 0.05) is 0 Å². The molecule has 0 atom stereocenters. The van der Waals surface area contributed by atoms with E-state index in [1.54, 1.807) is 51.1 Å². The average Bonchev–Trinajstić information content (AvgIpc) is 2.24. The lowest BCUT2D eigenvalue weighted by molar-refractivity contribution is -0.401. The first-order valence-corrected chi connectivity index (χ1v) is 5.44. The third kappa shape index (κ3) is 4.37. The van der Waals surface area contributed by atoms with Crippen LogP contribution in [0, 0.1) is 10.1 Å². The maximum absolute atomic E-state index is 11.9. The van der Waals surface area contributed by atoms with Gasteiger partial charge in [0.25, 0.3) is 0 Å². The molecule has 0 spiro atoms. The van der Waals surface area contributed by atoms with Gasteiger partial charge in [0.15, 0.2) is 0 Å². The first kappa shape index (κ1) is 13.9. The molecule has 5 heteroatoms. The number of benzene rings is 1. The molecule has 18 heavy (non-hydrogen) atoms. The number of nitrogens with zero attached hydrogens (tertiary/aromatic N) is 1. The molecule has 0 fully saturated rings. The van der Waals surface area contributed by atoms with Gasteiger partial charge in [0.05, 0.1) is 4.92 Å². The lowest BCUT2D eigenvalue weighted by Crippen LogP contribution is -2.24. The van der Waals surface area contributed by atoms with Gasteiger partial charge < -0.3 is 4.74 Å². The molecule has 0 heterocycles. The van der Waals surface area contributed by atoms with Gasteiger partial charge in [-0.3, -0.25) is 10.1 Å². The van der Waals surface area contributed by atoms with Crippen molar-refractivity contribution in [1.29, 1.82) is 0 Å². The van der Waals surface area contributed by atoms with Crippen LogP contribution in [-0.2, 0) is 9.53 Å². The first-order valence-electron chi connectivity index (χ1n) is 5.44. The third-order valence-electron chi connectivity index (χ3n) is 1.94. The molecule has 0 aliphatic rings. The molecule has 0 amide bonds. The fourth-order valence-corrected chi connectivity index (χ4v) is 1.30. The van der Waals surface area contributed by atoms with Gasteiger partial charge in [-0.15, -0.1) is 0 Å². The first-order chi connectivity index (χ1) is 8.29. The van der Waals surface area contributed by atoms with Crippen LogP contribution in [0.2, 0.25) is 0 Å². The molecule has 5 nitrogen and oxygen atoms in total. The van der Waals surface area contributed by atoms with Crippen molar-refractivity contribution in [3.05, 3.63) is 52.2 Å². The maximum Gasteiger partial charge on any atom is 0.345 e. The van der Waals surface area contributed by atoms with Crippen molar-refractivity contribution in [3.63, 3.8) is 0 Å². The summed E-state index contributed by atoms with van der Waals surface area (Å²) in [6.45, 7) is 5.12. The van der Waals surface area contributed by atoms with Crippen molar-refractivity contribution >= 4 is 11.5 Å². The van der Waals surface area contributed by atoms with E-state index >= 15 is 0 Å². The molecule has 0 bridgehead atoms. The van der Waals surface area contributed by atoms with Crippen LogP contribution in [0.25, 0.3) is 5.57 Å². The summed E-state index contributed by atoms with van der Waals surface area (Å²) in [6, 6.07) is 8.42. The Morgan fingerprint density at radius 1 is 1.28 bits per heavy atom. The van der Waals surface area contributed by atoms with E-state index in [1.165, 1.54) is 0 Å². The van der Waals surface area contributed by atoms with E-state index in [-0.39, 0.29) is 5.57 Å². The van der Waals surface area contributed by atoms with Crippen molar-refractivity contribution in [2.24, 2.45) is 0 Å². The van der Waals surface area contributed by atoms with Crippen LogP contribution in [0.3, 0.4) is 0 Å². The van der Waals surface area contributed by atoms with Crippen molar-refractivity contribution in [2.75, 3.05) is 0 Å². The second-order valence-electron chi connectivity index (χ2n) is 4.70. The Morgan fingerprint density at radius 2 is 1.83 bits per heavy atom. The predicted molar refractivity (Wildman–Crippen MR) is 67.3 cm³/mol. The molecular weight excluding hydrogens is 234 g/mol. The molecule has 0 N–H and O–H groups in total. The van der Waals surface area contributed by atoms with Crippen molar-refractivity contribution < 1.29 is 14.5 Å². The number of esters is 1. The molecule has 1 aromatic carbocycles. The fourth-order valence-electron chi connectivity index (χ4n) is 1.30.